The number of aromatic amines is 1. The lowest BCUT2D eigenvalue weighted by atomic mass is 9.99. The van der Waals surface area contributed by atoms with E-state index in [1.807, 2.05) is 0 Å². The lowest BCUT2D eigenvalue weighted by Gasteiger charge is -2.10. The first-order chi connectivity index (χ1) is 8.72. The zero-order valence-electron chi connectivity index (χ0n) is 10.0. The number of nitrogens with zero attached hydrogens (tertiary/aromatic N) is 1. The predicted molar refractivity (Wildman–Crippen MR) is 76.4 cm³/mol. The molecule has 2 aromatic rings. The second-order valence-electron chi connectivity index (χ2n) is 4.56. The molecule has 4 heteroatoms. The van der Waals surface area contributed by atoms with Crippen LogP contribution in [0.5, 0.6) is 0 Å². The molecule has 18 heavy (non-hydrogen) atoms. The molecule has 0 bridgehead atoms. The summed E-state index contributed by atoms with van der Waals surface area (Å²) in [5.74, 6) is 0. The lowest BCUT2D eigenvalue weighted by molar-refractivity contribution is 0.899. The van der Waals surface area contributed by atoms with Crippen LogP contribution in [0.25, 0.3) is 10.4 Å². The first-order valence-electron chi connectivity index (χ1n) is 5.95. The smallest absolute Gasteiger partial charge is 0.122 e. The van der Waals surface area contributed by atoms with Gasteiger partial charge >= 0.3 is 0 Å². The van der Waals surface area contributed by atoms with Crippen molar-refractivity contribution in [3.8, 4) is 16.5 Å². The van der Waals surface area contributed by atoms with E-state index < -0.39 is 0 Å². The van der Waals surface area contributed by atoms with Crippen molar-refractivity contribution in [2.24, 2.45) is 0 Å². The fraction of sp³-hybridized carbons (Fsp3) is 0.286. The van der Waals surface area contributed by atoms with Crippen molar-refractivity contribution in [3.05, 3.63) is 38.5 Å². The average molecular weight is 272 g/mol. The van der Waals surface area contributed by atoms with Crippen LogP contribution < -0.4 is 0 Å². The average Bonchev–Trinajstić information content (AvgIpc) is 2.96. The monoisotopic (exact) mass is 272 g/mol. The number of H-pyrrole nitrogens is 1. The molecule has 2 heterocycles. The molecule has 0 radical (unpaired) electrons. The number of pyridine rings is 1. The maximum atomic E-state index is 9.39. The highest BCUT2D eigenvalue weighted by Crippen LogP contribution is 2.38. The van der Waals surface area contributed by atoms with Gasteiger partial charge in [0.1, 0.15) is 10.7 Å². The molecule has 0 saturated heterocycles. The Morgan fingerprint density at radius 3 is 2.94 bits per heavy atom. The number of aromatic nitrogens is 1. The molecule has 0 saturated carbocycles. The van der Waals surface area contributed by atoms with Crippen LogP contribution in [-0.4, -0.2) is 4.98 Å². The number of aryl methyl sites for hydroxylation is 2. The Bertz CT molecular complexity index is 716. The maximum Gasteiger partial charge on any atom is 0.122 e. The Hall–Kier alpha value is -1.44. The molecule has 0 atom stereocenters. The van der Waals surface area contributed by atoms with Crippen molar-refractivity contribution < 1.29 is 0 Å². The molecule has 2 nitrogen and oxygen atoms in total. The fourth-order valence-electron chi connectivity index (χ4n) is 2.61. The van der Waals surface area contributed by atoms with Crippen molar-refractivity contribution in [2.45, 2.75) is 26.2 Å². The highest BCUT2D eigenvalue weighted by atomic mass is 32.1. The van der Waals surface area contributed by atoms with Gasteiger partial charge in [0.2, 0.25) is 0 Å². The molecule has 1 N–H and O–H groups in total. The number of nitriles is 1. The quantitative estimate of drug-likeness (QED) is 0.792. The Kier molecular flexibility index (Phi) is 2.81. The summed E-state index contributed by atoms with van der Waals surface area (Å²) >= 11 is 7.02. The zero-order valence-corrected chi connectivity index (χ0v) is 11.7. The van der Waals surface area contributed by atoms with Gasteiger partial charge in [-0.05, 0) is 48.8 Å². The van der Waals surface area contributed by atoms with Crippen LogP contribution in [0.4, 0.5) is 0 Å². The van der Waals surface area contributed by atoms with Crippen molar-refractivity contribution in [3.63, 3.8) is 0 Å². The third kappa shape index (κ3) is 1.63. The number of rotatable bonds is 1. The molecule has 0 spiro atoms. The molecule has 0 amide bonds. The molecule has 0 aromatic carbocycles. The summed E-state index contributed by atoms with van der Waals surface area (Å²) < 4.78 is 0.584. The van der Waals surface area contributed by atoms with Gasteiger partial charge in [0, 0.05) is 16.1 Å². The van der Waals surface area contributed by atoms with Crippen molar-refractivity contribution >= 4 is 23.6 Å². The molecule has 0 aliphatic heterocycles. The minimum absolute atomic E-state index is 0.584. The molecule has 3 rings (SSSR count). The summed E-state index contributed by atoms with van der Waals surface area (Å²) in [6.07, 6.45) is 3.23. The Balaban J connectivity index is 2.41. The highest BCUT2D eigenvalue weighted by molar-refractivity contribution is 7.71. The van der Waals surface area contributed by atoms with Crippen LogP contribution in [0.2, 0.25) is 0 Å². The number of hydrogen-bond donors (Lipinski definition) is 1. The molecule has 2 aromatic heterocycles. The largest absolute Gasteiger partial charge is 0.349 e. The van der Waals surface area contributed by atoms with E-state index >= 15 is 0 Å². The summed E-state index contributed by atoms with van der Waals surface area (Å²) in [6, 6.07) is 4.38. The van der Waals surface area contributed by atoms with E-state index in [2.05, 4.69) is 29.4 Å². The summed E-state index contributed by atoms with van der Waals surface area (Å²) in [5.41, 5.74) is 5.47. The highest BCUT2D eigenvalue weighted by Gasteiger charge is 2.22. The lowest BCUT2D eigenvalue weighted by Crippen LogP contribution is -1.98. The van der Waals surface area contributed by atoms with E-state index in [4.69, 9.17) is 12.2 Å². The molecular formula is C14H12N2S2. The van der Waals surface area contributed by atoms with Gasteiger partial charge in [-0.1, -0.05) is 12.2 Å². The Morgan fingerprint density at radius 2 is 2.28 bits per heavy atom. The van der Waals surface area contributed by atoms with Gasteiger partial charge in [0.05, 0.1) is 5.56 Å². The van der Waals surface area contributed by atoms with Gasteiger partial charge in [0.15, 0.2) is 0 Å². The minimum atomic E-state index is 0.584. The van der Waals surface area contributed by atoms with Gasteiger partial charge in [-0.2, -0.15) is 5.26 Å². The van der Waals surface area contributed by atoms with Gasteiger partial charge in [-0.3, -0.25) is 0 Å². The first-order valence-corrected chi connectivity index (χ1v) is 7.23. The van der Waals surface area contributed by atoms with Crippen LogP contribution in [0.15, 0.2) is 11.4 Å². The third-order valence-corrected chi connectivity index (χ3v) is 4.80. The van der Waals surface area contributed by atoms with Crippen LogP contribution in [0, 0.1) is 22.9 Å². The number of fused-ring (bicyclic) bond motifs is 1. The van der Waals surface area contributed by atoms with Gasteiger partial charge in [0.25, 0.3) is 0 Å². The van der Waals surface area contributed by atoms with Gasteiger partial charge in [-0.25, -0.2) is 0 Å². The summed E-state index contributed by atoms with van der Waals surface area (Å²) in [4.78, 5) is 4.42. The second kappa shape index (κ2) is 4.34. The fourth-order valence-corrected chi connectivity index (χ4v) is 3.88. The molecule has 90 valence electrons. The zero-order chi connectivity index (χ0) is 12.7. The standard InChI is InChI=1S/C14H12N2S2/c1-8-5-6-18-13(8)12-9-3-2-4-11(9)16-14(17)10(12)7-15/h5-6H,2-4H2,1H3,(H,16,17). The first kappa shape index (κ1) is 11.6. The molecule has 0 unspecified atom stereocenters. The van der Waals surface area contributed by atoms with Crippen molar-refractivity contribution in [1.29, 1.82) is 5.26 Å². The molecule has 1 aliphatic carbocycles. The number of nitrogens with one attached hydrogen (secondary N) is 1. The van der Waals surface area contributed by atoms with Crippen LogP contribution in [0.1, 0.15) is 28.8 Å². The number of hydrogen-bond acceptors (Lipinski definition) is 3. The van der Waals surface area contributed by atoms with Gasteiger partial charge in [-0.15, -0.1) is 11.3 Å². The number of thiophene rings is 1. The molecular weight excluding hydrogens is 260 g/mol. The van der Waals surface area contributed by atoms with Crippen LogP contribution in [0.3, 0.4) is 0 Å². The van der Waals surface area contributed by atoms with E-state index in [1.165, 1.54) is 21.7 Å². The van der Waals surface area contributed by atoms with Crippen molar-refractivity contribution in [2.75, 3.05) is 0 Å². The third-order valence-electron chi connectivity index (χ3n) is 3.46. The van der Waals surface area contributed by atoms with E-state index in [0.717, 1.165) is 24.8 Å². The second-order valence-corrected chi connectivity index (χ2v) is 5.88. The van der Waals surface area contributed by atoms with E-state index in [9.17, 15) is 5.26 Å². The van der Waals surface area contributed by atoms with Crippen LogP contribution >= 0.6 is 23.6 Å². The van der Waals surface area contributed by atoms with E-state index in [-0.39, 0.29) is 0 Å². The van der Waals surface area contributed by atoms with E-state index in [1.54, 1.807) is 11.3 Å². The summed E-state index contributed by atoms with van der Waals surface area (Å²) in [5, 5.41) is 11.5. The SMILES string of the molecule is Cc1ccsc1-c1c2c([nH]c(=S)c1C#N)CCC2. The van der Waals surface area contributed by atoms with Gasteiger partial charge < -0.3 is 4.98 Å². The Morgan fingerprint density at radius 1 is 1.44 bits per heavy atom. The van der Waals surface area contributed by atoms with Crippen molar-refractivity contribution in [1.82, 2.24) is 4.98 Å². The van der Waals surface area contributed by atoms with E-state index in [0.29, 0.717) is 10.2 Å². The van der Waals surface area contributed by atoms with Crippen LogP contribution in [-0.2, 0) is 12.8 Å². The Labute approximate surface area is 115 Å². The topological polar surface area (TPSA) is 39.6 Å². The summed E-state index contributed by atoms with van der Waals surface area (Å²) in [7, 11) is 0. The summed E-state index contributed by atoms with van der Waals surface area (Å²) in [6.45, 7) is 2.09. The predicted octanol–water partition coefficient (Wildman–Crippen LogP) is 4.14. The molecule has 0 fully saturated rings. The minimum Gasteiger partial charge on any atom is -0.349 e. The normalized spacial score (nSPS) is 13.3. The maximum absolute atomic E-state index is 9.39. The molecule has 1 aliphatic rings.